The van der Waals surface area contributed by atoms with Gasteiger partial charge in [-0.25, -0.2) is 4.98 Å². The molecule has 0 spiro atoms. The van der Waals surface area contributed by atoms with E-state index in [4.69, 9.17) is 10.7 Å². The summed E-state index contributed by atoms with van der Waals surface area (Å²) in [5.41, 5.74) is 11.0. The summed E-state index contributed by atoms with van der Waals surface area (Å²) in [6.45, 7) is 2.05. The number of rotatable bonds is 1. The van der Waals surface area contributed by atoms with Gasteiger partial charge in [-0.2, -0.15) is 0 Å². The highest BCUT2D eigenvalue weighted by molar-refractivity contribution is 9.10. The van der Waals surface area contributed by atoms with Gasteiger partial charge in [0, 0.05) is 21.1 Å². The first kappa shape index (κ1) is 12.2. The lowest BCUT2D eigenvalue weighted by Crippen LogP contribution is -1.95. The number of nitrogens with zero attached hydrogens (tertiary/aromatic N) is 1. The Bertz CT molecular complexity index is 752. The van der Waals surface area contributed by atoms with Gasteiger partial charge in [0.2, 0.25) is 0 Å². The molecule has 0 unspecified atom stereocenters. The topological polar surface area (TPSA) is 38.9 Å². The van der Waals surface area contributed by atoms with Gasteiger partial charge in [-0.1, -0.05) is 36.4 Å². The Hall–Kier alpha value is -1.87. The molecule has 0 aliphatic rings. The summed E-state index contributed by atoms with van der Waals surface area (Å²) in [4.78, 5) is 4.74. The van der Waals surface area contributed by atoms with Crippen molar-refractivity contribution in [2.24, 2.45) is 0 Å². The minimum Gasteiger partial charge on any atom is -0.398 e. The maximum absolute atomic E-state index is 6.20. The summed E-state index contributed by atoms with van der Waals surface area (Å²) in [5, 5.41) is 1.02. The summed E-state index contributed by atoms with van der Waals surface area (Å²) in [7, 11) is 0. The highest BCUT2D eigenvalue weighted by Gasteiger charge is 2.09. The molecule has 0 atom stereocenters. The van der Waals surface area contributed by atoms with E-state index in [1.165, 1.54) is 0 Å². The van der Waals surface area contributed by atoms with Crippen molar-refractivity contribution in [2.75, 3.05) is 5.73 Å². The number of aromatic nitrogens is 1. The van der Waals surface area contributed by atoms with Crippen molar-refractivity contribution in [3.63, 3.8) is 0 Å². The Morgan fingerprint density at radius 1 is 1.05 bits per heavy atom. The number of hydrogen-bond acceptors (Lipinski definition) is 2. The van der Waals surface area contributed by atoms with Crippen LogP contribution in [0.4, 0.5) is 5.69 Å². The number of halogens is 1. The smallest absolute Gasteiger partial charge is 0.0874 e. The SMILES string of the molecule is Cc1ccc(Br)c2nc(-c3ccccc3)cc(N)c12. The summed E-state index contributed by atoms with van der Waals surface area (Å²) in [6, 6.07) is 16.1. The van der Waals surface area contributed by atoms with Gasteiger partial charge >= 0.3 is 0 Å². The molecule has 0 saturated carbocycles. The lowest BCUT2D eigenvalue weighted by Gasteiger charge is -2.10. The average molecular weight is 313 g/mol. The highest BCUT2D eigenvalue weighted by atomic mass is 79.9. The molecular weight excluding hydrogens is 300 g/mol. The number of benzene rings is 2. The number of aryl methyl sites for hydroxylation is 1. The van der Waals surface area contributed by atoms with Crippen LogP contribution in [-0.2, 0) is 0 Å². The fourth-order valence-electron chi connectivity index (χ4n) is 2.27. The second-order valence-electron chi connectivity index (χ2n) is 4.55. The third kappa shape index (κ3) is 2.10. The molecule has 0 bridgehead atoms. The van der Waals surface area contributed by atoms with Crippen molar-refractivity contribution in [2.45, 2.75) is 6.92 Å². The van der Waals surface area contributed by atoms with Gasteiger partial charge < -0.3 is 5.73 Å². The normalized spacial score (nSPS) is 10.8. The van der Waals surface area contributed by atoms with Gasteiger partial charge in [0.05, 0.1) is 11.2 Å². The van der Waals surface area contributed by atoms with E-state index < -0.39 is 0 Å². The van der Waals surface area contributed by atoms with E-state index in [9.17, 15) is 0 Å². The zero-order valence-corrected chi connectivity index (χ0v) is 12.1. The predicted molar refractivity (Wildman–Crippen MR) is 84.0 cm³/mol. The first-order valence-corrected chi connectivity index (χ1v) is 6.87. The van der Waals surface area contributed by atoms with Gasteiger partial charge in [-0.3, -0.25) is 0 Å². The van der Waals surface area contributed by atoms with Crippen LogP contribution in [0.1, 0.15) is 5.56 Å². The number of pyridine rings is 1. The summed E-state index contributed by atoms with van der Waals surface area (Å²) < 4.78 is 0.970. The molecule has 2 nitrogen and oxygen atoms in total. The van der Waals surface area contributed by atoms with Gasteiger partial charge in [-0.05, 0) is 40.5 Å². The zero-order chi connectivity index (χ0) is 13.4. The molecule has 94 valence electrons. The molecule has 3 heteroatoms. The van der Waals surface area contributed by atoms with Crippen molar-refractivity contribution in [3.05, 3.63) is 58.6 Å². The standard InChI is InChI=1S/C16H13BrN2/c1-10-7-8-12(17)16-15(10)13(18)9-14(19-16)11-5-3-2-4-6-11/h2-9H,1H3,(H2,18,19). The molecule has 2 N–H and O–H groups in total. The molecule has 0 aliphatic carbocycles. The van der Waals surface area contributed by atoms with Crippen molar-refractivity contribution in [1.82, 2.24) is 4.98 Å². The van der Waals surface area contributed by atoms with Crippen molar-refractivity contribution in [3.8, 4) is 11.3 Å². The van der Waals surface area contributed by atoms with Crippen molar-refractivity contribution < 1.29 is 0 Å². The molecular formula is C16H13BrN2. The lowest BCUT2D eigenvalue weighted by molar-refractivity contribution is 1.37. The Morgan fingerprint density at radius 3 is 2.53 bits per heavy atom. The second kappa shape index (κ2) is 4.67. The molecule has 3 aromatic rings. The molecule has 2 aromatic carbocycles. The van der Waals surface area contributed by atoms with Crippen molar-refractivity contribution >= 4 is 32.5 Å². The van der Waals surface area contributed by atoms with Crippen LogP contribution in [0, 0.1) is 6.92 Å². The van der Waals surface area contributed by atoms with Crippen LogP contribution in [-0.4, -0.2) is 4.98 Å². The minimum atomic E-state index is 0.766. The van der Waals surface area contributed by atoms with E-state index in [-0.39, 0.29) is 0 Å². The molecule has 0 saturated heterocycles. The third-order valence-corrected chi connectivity index (χ3v) is 3.86. The molecule has 3 rings (SSSR count). The van der Waals surface area contributed by atoms with Gasteiger partial charge in [0.25, 0.3) is 0 Å². The average Bonchev–Trinajstić information content (AvgIpc) is 2.43. The van der Waals surface area contributed by atoms with E-state index in [0.717, 1.165) is 37.9 Å². The molecule has 0 radical (unpaired) electrons. The Labute approximate surface area is 120 Å². The fraction of sp³-hybridized carbons (Fsp3) is 0.0625. The Morgan fingerprint density at radius 2 is 1.79 bits per heavy atom. The molecule has 1 heterocycles. The molecule has 1 aromatic heterocycles. The monoisotopic (exact) mass is 312 g/mol. The molecule has 0 fully saturated rings. The quantitative estimate of drug-likeness (QED) is 0.715. The van der Waals surface area contributed by atoms with Gasteiger partial charge in [0.15, 0.2) is 0 Å². The minimum absolute atomic E-state index is 0.766. The summed E-state index contributed by atoms with van der Waals surface area (Å²) in [5.74, 6) is 0. The predicted octanol–water partition coefficient (Wildman–Crippen LogP) is 4.55. The number of fused-ring (bicyclic) bond motifs is 1. The Balaban J connectivity index is 2.34. The van der Waals surface area contributed by atoms with Crippen LogP contribution in [0.2, 0.25) is 0 Å². The maximum atomic E-state index is 6.20. The third-order valence-electron chi connectivity index (χ3n) is 3.22. The van der Waals surface area contributed by atoms with E-state index in [1.807, 2.05) is 48.5 Å². The van der Waals surface area contributed by atoms with E-state index in [0.29, 0.717) is 0 Å². The summed E-state index contributed by atoms with van der Waals surface area (Å²) >= 11 is 3.55. The van der Waals surface area contributed by atoms with Crippen LogP contribution < -0.4 is 5.73 Å². The number of anilines is 1. The number of nitrogen functional groups attached to an aromatic ring is 1. The second-order valence-corrected chi connectivity index (χ2v) is 5.40. The lowest BCUT2D eigenvalue weighted by atomic mass is 10.0. The van der Waals surface area contributed by atoms with Crippen LogP contribution in [0.15, 0.2) is 53.0 Å². The largest absolute Gasteiger partial charge is 0.398 e. The molecule has 0 aliphatic heterocycles. The van der Waals surface area contributed by atoms with Gasteiger partial charge in [0.1, 0.15) is 0 Å². The molecule has 0 amide bonds. The first-order chi connectivity index (χ1) is 9.16. The number of hydrogen-bond donors (Lipinski definition) is 1. The maximum Gasteiger partial charge on any atom is 0.0874 e. The van der Waals surface area contributed by atoms with Crippen LogP contribution in [0.5, 0.6) is 0 Å². The first-order valence-electron chi connectivity index (χ1n) is 6.07. The van der Waals surface area contributed by atoms with Crippen LogP contribution in [0.25, 0.3) is 22.2 Å². The number of nitrogens with two attached hydrogens (primary N) is 1. The highest BCUT2D eigenvalue weighted by Crippen LogP contribution is 2.32. The van der Waals surface area contributed by atoms with Crippen LogP contribution in [0.3, 0.4) is 0 Å². The van der Waals surface area contributed by atoms with Crippen LogP contribution >= 0.6 is 15.9 Å². The Kier molecular flexibility index (Phi) is 2.99. The zero-order valence-electron chi connectivity index (χ0n) is 10.5. The fourth-order valence-corrected chi connectivity index (χ4v) is 2.69. The van der Waals surface area contributed by atoms with E-state index in [1.54, 1.807) is 0 Å². The van der Waals surface area contributed by atoms with E-state index >= 15 is 0 Å². The van der Waals surface area contributed by atoms with Gasteiger partial charge in [-0.15, -0.1) is 0 Å². The van der Waals surface area contributed by atoms with E-state index in [2.05, 4.69) is 22.9 Å². The molecule has 19 heavy (non-hydrogen) atoms. The van der Waals surface area contributed by atoms with Crippen molar-refractivity contribution in [1.29, 1.82) is 0 Å². The summed E-state index contributed by atoms with van der Waals surface area (Å²) in [6.07, 6.45) is 0.